The van der Waals surface area contributed by atoms with Gasteiger partial charge in [-0.2, -0.15) is 9.61 Å². The molecule has 1 amide bonds. The second kappa shape index (κ2) is 8.99. The molecule has 188 valence electrons. The van der Waals surface area contributed by atoms with Gasteiger partial charge in [0.05, 0.1) is 11.9 Å². The van der Waals surface area contributed by atoms with Gasteiger partial charge < -0.3 is 15.5 Å². The molecule has 2 N–H and O–H groups in total. The number of pyridine rings is 1. The average molecular weight is 496 g/mol. The first-order chi connectivity index (χ1) is 18.0. The van der Waals surface area contributed by atoms with Crippen molar-refractivity contribution >= 4 is 29.0 Å². The number of anilines is 2. The molecule has 4 aromatic rings. The quantitative estimate of drug-likeness (QED) is 0.419. The van der Waals surface area contributed by atoms with E-state index in [0.29, 0.717) is 36.5 Å². The number of rotatable bonds is 5. The number of benzene rings is 1. The fourth-order valence-electron chi connectivity index (χ4n) is 5.77. The van der Waals surface area contributed by atoms with Crippen molar-refractivity contribution in [1.29, 1.82) is 0 Å². The number of piperazine rings is 1. The number of nitrogens with two attached hydrogens (primary N) is 1. The van der Waals surface area contributed by atoms with Gasteiger partial charge in [0, 0.05) is 54.5 Å². The minimum atomic E-state index is -0.160. The summed E-state index contributed by atoms with van der Waals surface area (Å²) in [6.45, 7) is 4.66. The van der Waals surface area contributed by atoms with Crippen LogP contribution in [-0.2, 0) is 4.79 Å². The van der Waals surface area contributed by atoms with Crippen molar-refractivity contribution in [3.05, 3.63) is 60.4 Å². The number of fused-ring (bicyclic) bond motifs is 3. The first kappa shape index (κ1) is 23.1. The first-order valence-corrected chi connectivity index (χ1v) is 12.7. The molecule has 0 aliphatic carbocycles. The molecule has 3 aromatic heterocycles. The molecule has 0 spiro atoms. The highest BCUT2D eigenvalue weighted by molar-refractivity contribution is 6.04. The zero-order chi connectivity index (χ0) is 25.7. The van der Waals surface area contributed by atoms with Gasteiger partial charge in [-0.3, -0.25) is 14.6 Å². The van der Waals surface area contributed by atoms with Crippen LogP contribution in [0.5, 0.6) is 0 Å². The smallest absolute Gasteiger partial charge is 0.222 e. The number of hydrogen-bond donors (Lipinski definition) is 1. The van der Waals surface area contributed by atoms with E-state index in [0.717, 1.165) is 35.2 Å². The molecule has 6 rings (SSSR count). The third-order valence-electron chi connectivity index (χ3n) is 7.53. The Morgan fingerprint density at radius 3 is 2.35 bits per heavy atom. The van der Waals surface area contributed by atoms with Gasteiger partial charge in [0.2, 0.25) is 5.91 Å². The van der Waals surface area contributed by atoms with Crippen LogP contribution in [0.15, 0.2) is 54.9 Å². The molecule has 2 atom stereocenters. The topological polar surface area (TPSA) is 110 Å². The molecule has 5 heterocycles. The van der Waals surface area contributed by atoms with Gasteiger partial charge in [0.1, 0.15) is 17.2 Å². The summed E-state index contributed by atoms with van der Waals surface area (Å²) in [6, 6.07) is 14.2. The van der Waals surface area contributed by atoms with E-state index in [4.69, 9.17) is 10.7 Å². The Morgan fingerprint density at radius 1 is 1.00 bits per heavy atom. The molecule has 0 radical (unpaired) electrons. The first-order valence-electron chi connectivity index (χ1n) is 12.7. The molecule has 2 bridgehead atoms. The standard InChI is InChI=1S/C28H29N7O2/c1-3-24(37)34-20-10-11-21(34)16-33(15-20)28-25(17(2)36)26(29)35-27(32-28)22(14-31-35)19-9-12-23(30-13-19)18-7-5-4-6-8-18/h4-9,12-14,20-21H,3,10-11,15-16,29H2,1-2H3. The number of Topliss-reactive ketones (excluding diaryl/α,β-unsaturated/α-hetero) is 1. The van der Waals surface area contributed by atoms with E-state index in [1.165, 1.54) is 11.4 Å². The Hall–Kier alpha value is -4.27. The van der Waals surface area contributed by atoms with Crippen molar-refractivity contribution in [3.63, 3.8) is 0 Å². The lowest BCUT2D eigenvalue weighted by Gasteiger charge is -2.42. The van der Waals surface area contributed by atoms with E-state index in [1.54, 1.807) is 6.20 Å². The third-order valence-corrected chi connectivity index (χ3v) is 7.53. The van der Waals surface area contributed by atoms with Crippen LogP contribution in [0.25, 0.3) is 28.0 Å². The maximum atomic E-state index is 12.8. The summed E-state index contributed by atoms with van der Waals surface area (Å²) in [5.41, 5.74) is 11.1. The molecule has 1 aromatic carbocycles. The van der Waals surface area contributed by atoms with Crippen LogP contribution in [-0.4, -0.2) is 61.3 Å². The van der Waals surface area contributed by atoms with Gasteiger partial charge in [-0.1, -0.05) is 43.3 Å². The second-order valence-electron chi connectivity index (χ2n) is 9.79. The molecule has 2 saturated heterocycles. The molecule has 2 aliphatic rings. The van der Waals surface area contributed by atoms with E-state index in [-0.39, 0.29) is 29.6 Å². The van der Waals surface area contributed by atoms with Crippen molar-refractivity contribution in [1.82, 2.24) is 24.5 Å². The molecule has 9 heteroatoms. The number of hydrogen-bond acceptors (Lipinski definition) is 7. The lowest BCUT2D eigenvalue weighted by atomic mass is 10.1. The molecule has 0 saturated carbocycles. The Bertz CT molecular complexity index is 1480. The third kappa shape index (κ3) is 3.82. The summed E-state index contributed by atoms with van der Waals surface area (Å²) in [7, 11) is 0. The number of amides is 1. The summed E-state index contributed by atoms with van der Waals surface area (Å²) in [5, 5.41) is 4.47. The minimum absolute atomic E-state index is 0.115. The average Bonchev–Trinajstić information content (AvgIpc) is 3.46. The van der Waals surface area contributed by atoms with E-state index in [2.05, 4.69) is 15.0 Å². The summed E-state index contributed by atoms with van der Waals surface area (Å²) >= 11 is 0. The Labute approximate surface area is 214 Å². The van der Waals surface area contributed by atoms with E-state index in [9.17, 15) is 9.59 Å². The van der Waals surface area contributed by atoms with Gasteiger partial charge in [-0.25, -0.2) is 4.98 Å². The van der Waals surface area contributed by atoms with Gasteiger partial charge in [-0.15, -0.1) is 0 Å². The lowest BCUT2D eigenvalue weighted by molar-refractivity contribution is -0.134. The predicted octanol–water partition coefficient (Wildman–Crippen LogP) is 3.83. The van der Waals surface area contributed by atoms with Crippen molar-refractivity contribution in [2.24, 2.45) is 0 Å². The summed E-state index contributed by atoms with van der Waals surface area (Å²) in [6.07, 6.45) is 5.94. The Morgan fingerprint density at radius 2 is 1.73 bits per heavy atom. The number of nitrogen functional groups attached to an aromatic ring is 1. The number of carbonyl (C=O) groups is 2. The van der Waals surface area contributed by atoms with Gasteiger partial charge in [0.15, 0.2) is 11.4 Å². The number of aromatic nitrogens is 4. The molecule has 2 unspecified atom stereocenters. The maximum absolute atomic E-state index is 12.8. The highest BCUT2D eigenvalue weighted by Gasteiger charge is 2.43. The van der Waals surface area contributed by atoms with Gasteiger partial charge in [-0.05, 0) is 25.8 Å². The van der Waals surface area contributed by atoms with Crippen molar-refractivity contribution in [2.75, 3.05) is 23.7 Å². The monoisotopic (exact) mass is 495 g/mol. The van der Waals surface area contributed by atoms with Crippen LogP contribution >= 0.6 is 0 Å². The normalized spacial score (nSPS) is 19.0. The zero-order valence-corrected chi connectivity index (χ0v) is 21.0. The van der Waals surface area contributed by atoms with E-state index < -0.39 is 0 Å². The fraction of sp³-hybridized carbons (Fsp3) is 0.321. The lowest BCUT2D eigenvalue weighted by Crippen LogP contribution is -2.56. The summed E-state index contributed by atoms with van der Waals surface area (Å²) < 4.78 is 1.53. The summed E-state index contributed by atoms with van der Waals surface area (Å²) in [5.74, 6) is 0.860. The van der Waals surface area contributed by atoms with Crippen LogP contribution in [0.1, 0.15) is 43.5 Å². The van der Waals surface area contributed by atoms with Crippen LogP contribution in [0.3, 0.4) is 0 Å². The van der Waals surface area contributed by atoms with Crippen LogP contribution in [0.2, 0.25) is 0 Å². The SMILES string of the molecule is CCC(=O)N1C2CCC1CN(c1nc3c(-c4ccc(-c5ccccc5)nc4)cnn3c(N)c1C(C)=O)C2. The highest BCUT2D eigenvalue weighted by atomic mass is 16.2. The van der Waals surface area contributed by atoms with Crippen LogP contribution in [0.4, 0.5) is 11.6 Å². The molecule has 37 heavy (non-hydrogen) atoms. The second-order valence-corrected chi connectivity index (χ2v) is 9.79. The number of ketones is 1. The molecule has 2 aliphatic heterocycles. The predicted molar refractivity (Wildman–Crippen MR) is 142 cm³/mol. The minimum Gasteiger partial charge on any atom is -0.383 e. The van der Waals surface area contributed by atoms with Crippen molar-refractivity contribution < 1.29 is 9.59 Å². The fourth-order valence-corrected chi connectivity index (χ4v) is 5.77. The number of carbonyl (C=O) groups excluding carboxylic acids is 2. The Balaban J connectivity index is 1.41. The van der Waals surface area contributed by atoms with E-state index >= 15 is 0 Å². The number of nitrogens with zero attached hydrogens (tertiary/aromatic N) is 6. The molecule has 2 fully saturated rings. The molecular weight excluding hydrogens is 466 g/mol. The maximum Gasteiger partial charge on any atom is 0.222 e. The largest absolute Gasteiger partial charge is 0.383 e. The van der Waals surface area contributed by atoms with Crippen molar-refractivity contribution in [2.45, 2.75) is 45.2 Å². The molecule has 9 nitrogen and oxygen atoms in total. The Kier molecular flexibility index (Phi) is 5.62. The van der Waals surface area contributed by atoms with Crippen LogP contribution < -0.4 is 10.6 Å². The zero-order valence-electron chi connectivity index (χ0n) is 21.0. The summed E-state index contributed by atoms with van der Waals surface area (Å²) in [4.78, 5) is 39.1. The molecular formula is C28H29N7O2. The van der Waals surface area contributed by atoms with E-state index in [1.807, 2.05) is 60.5 Å². The van der Waals surface area contributed by atoms with Crippen LogP contribution in [0, 0.1) is 0 Å². The highest BCUT2D eigenvalue weighted by Crippen LogP contribution is 2.37. The van der Waals surface area contributed by atoms with Gasteiger partial charge >= 0.3 is 0 Å². The van der Waals surface area contributed by atoms with Crippen molar-refractivity contribution in [3.8, 4) is 22.4 Å². The van der Waals surface area contributed by atoms with Gasteiger partial charge in [0.25, 0.3) is 0 Å².